The number of esters is 2. The molecule has 1 rings (SSSR count). The smallest absolute Gasteiger partial charge is 0.328 e. The lowest BCUT2D eigenvalue weighted by Crippen LogP contribution is -2.42. The van der Waals surface area contributed by atoms with Crippen molar-refractivity contribution >= 4 is 17.8 Å². The molecule has 6 nitrogen and oxygen atoms in total. The maximum absolute atomic E-state index is 13.5. The molecule has 0 saturated heterocycles. The van der Waals surface area contributed by atoms with E-state index in [0.29, 0.717) is 0 Å². The molecule has 0 aromatic heterocycles. The fourth-order valence-electron chi connectivity index (χ4n) is 1.67. The molecule has 0 aliphatic heterocycles. The first-order valence-electron chi connectivity index (χ1n) is 6.30. The van der Waals surface area contributed by atoms with Gasteiger partial charge in [-0.05, 0) is 18.6 Å². The van der Waals surface area contributed by atoms with Gasteiger partial charge in [-0.2, -0.15) is 0 Å². The van der Waals surface area contributed by atoms with Crippen molar-refractivity contribution in [3.05, 3.63) is 35.4 Å². The third-order valence-electron chi connectivity index (χ3n) is 2.85. The van der Waals surface area contributed by atoms with Crippen molar-refractivity contribution in [1.29, 1.82) is 0 Å². The summed E-state index contributed by atoms with van der Waals surface area (Å²) in [6.45, 7) is 0. The van der Waals surface area contributed by atoms with E-state index in [1.54, 1.807) is 0 Å². The number of carbonyl (C=O) groups is 3. The van der Waals surface area contributed by atoms with Gasteiger partial charge in [0.1, 0.15) is 6.04 Å². The van der Waals surface area contributed by atoms with E-state index in [2.05, 4.69) is 14.8 Å². The molecule has 0 saturated carbocycles. The SMILES string of the molecule is COC(=O)CC[C@@H](NC(=O)c1cccc(F)c1F)C(=O)OC. The number of methoxy groups -OCH3 is 2. The van der Waals surface area contributed by atoms with E-state index < -0.39 is 41.1 Å². The topological polar surface area (TPSA) is 81.7 Å². The Morgan fingerprint density at radius 3 is 2.45 bits per heavy atom. The maximum atomic E-state index is 13.5. The molecule has 1 aromatic rings. The van der Waals surface area contributed by atoms with Crippen LogP contribution in [0.5, 0.6) is 0 Å². The molecule has 0 heterocycles. The van der Waals surface area contributed by atoms with Crippen LogP contribution >= 0.6 is 0 Å². The fraction of sp³-hybridized carbons (Fsp3) is 0.357. The van der Waals surface area contributed by atoms with Gasteiger partial charge in [-0.25, -0.2) is 13.6 Å². The number of hydrogen-bond acceptors (Lipinski definition) is 5. The molecule has 1 aromatic carbocycles. The Morgan fingerprint density at radius 1 is 1.18 bits per heavy atom. The molecule has 0 unspecified atom stereocenters. The van der Waals surface area contributed by atoms with Crippen LogP contribution in [0.4, 0.5) is 8.78 Å². The normalized spacial score (nSPS) is 11.5. The Bertz CT molecular complexity index is 576. The van der Waals surface area contributed by atoms with Crippen LogP contribution in [0, 0.1) is 11.6 Å². The van der Waals surface area contributed by atoms with Crippen LogP contribution in [0.15, 0.2) is 18.2 Å². The van der Waals surface area contributed by atoms with E-state index in [4.69, 9.17) is 0 Å². The van der Waals surface area contributed by atoms with Gasteiger partial charge < -0.3 is 14.8 Å². The van der Waals surface area contributed by atoms with Crippen LogP contribution in [-0.4, -0.2) is 38.1 Å². The first kappa shape index (κ1) is 17.5. The van der Waals surface area contributed by atoms with E-state index in [-0.39, 0.29) is 12.8 Å². The van der Waals surface area contributed by atoms with Crippen molar-refractivity contribution in [2.45, 2.75) is 18.9 Å². The van der Waals surface area contributed by atoms with Crippen LogP contribution in [0.2, 0.25) is 0 Å². The first-order valence-corrected chi connectivity index (χ1v) is 6.30. The highest BCUT2D eigenvalue weighted by Gasteiger charge is 2.25. The van der Waals surface area contributed by atoms with Gasteiger partial charge in [0.25, 0.3) is 5.91 Å². The Kier molecular flexibility index (Phi) is 6.43. The second-order valence-corrected chi connectivity index (χ2v) is 4.27. The number of carbonyl (C=O) groups excluding carboxylic acids is 3. The summed E-state index contributed by atoms with van der Waals surface area (Å²) in [4.78, 5) is 34.6. The van der Waals surface area contributed by atoms with Gasteiger partial charge in [-0.1, -0.05) is 6.07 Å². The summed E-state index contributed by atoms with van der Waals surface area (Å²) in [6.07, 6.45) is -0.246. The van der Waals surface area contributed by atoms with Gasteiger partial charge in [-0.3, -0.25) is 9.59 Å². The number of halogens is 2. The van der Waals surface area contributed by atoms with Gasteiger partial charge in [0, 0.05) is 6.42 Å². The van der Waals surface area contributed by atoms with Crippen LogP contribution in [-0.2, 0) is 19.1 Å². The van der Waals surface area contributed by atoms with Crippen molar-refractivity contribution in [2.24, 2.45) is 0 Å². The molecule has 0 aliphatic carbocycles. The number of benzene rings is 1. The molecule has 22 heavy (non-hydrogen) atoms. The lowest BCUT2D eigenvalue weighted by molar-refractivity contribution is -0.144. The summed E-state index contributed by atoms with van der Waals surface area (Å²) >= 11 is 0. The van der Waals surface area contributed by atoms with E-state index in [1.807, 2.05) is 0 Å². The third kappa shape index (κ3) is 4.51. The number of amides is 1. The van der Waals surface area contributed by atoms with E-state index in [1.165, 1.54) is 7.11 Å². The molecule has 0 bridgehead atoms. The zero-order valence-corrected chi connectivity index (χ0v) is 12.0. The van der Waals surface area contributed by atoms with E-state index in [0.717, 1.165) is 25.3 Å². The zero-order chi connectivity index (χ0) is 16.7. The number of ether oxygens (including phenoxy) is 2. The summed E-state index contributed by atoms with van der Waals surface area (Å²) in [6, 6.07) is 1.91. The molecular formula is C14H15F2NO5. The monoisotopic (exact) mass is 315 g/mol. The Hall–Kier alpha value is -2.51. The minimum atomic E-state index is -1.32. The van der Waals surface area contributed by atoms with Crippen molar-refractivity contribution in [3.63, 3.8) is 0 Å². The van der Waals surface area contributed by atoms with Crippen molar-refractivity contribution < 1.29 is 32.6 Å². The van der Waals surface area contributed by atoms with Crippen molar-refractivity contribution in [1.82, 2.24) is 5.32 Å². The van der Waals surface area contributed by atoms with Gasteiger partial charge in [-0.15, -0.1) is 0 Å². The number of nitrogens with one attached hydrogen (secondary N) is 1. The standard InChI is InChI=1S/C14H15F2NO5/c1-21-11(18)7-6-10(14(20)22-2)17-13(19)8-4-3-5-9(15)12(8)16/h3-5,10H,6-7H2,1-2H3,(H,17,19)/t10-/m1/s1. The Morgan fingerprint density at radius 2 is 1.86 bits per heavy atom. The number of hydrogen-bond donors (Lipinski definition) is 1. The van der Waals surface area contributed by atoms with Crippen molar-refractivity contribution in [3.8, 4) is 0 Å². The summed E-state index contributed by atoms with van der Waals surface area (Å²) in [5.74, 6) is -4.89. The van der Waals surface area contributed by atoms with Crippen molar-refractivity contribution in [2.75, 3.05) is 14.2 Å². The molecule has 8 heteroatoms. The molecule has 1 amide bonds. The van der Waals surface area contributed by atoms with Gasteiger partial charge >= 0.3 is 11.9 Å². The van der Waals surface area contributed by atoms with Crippen LogP contribution in [0.1, 0.15) is 23.2 Å². The van der Waals surface area contributed by atoms with Gasteiger partial charge in [0.2, 0.25) is 0 Å². The molecule has 0 radical (unpaired) electrons. The minimum Gasteiger partial charge on any atom is -0.469 e. The highest BCUT2D eigenvalue weighted by Crippen LogP contribution is 2.12. The molecule has 0 spiro atoms. The second kappa shape index (κ2) is 8.06. The van der Waals surface area contributed by atoms with Crippen LogP contribution in [0.3, 0.4) is 0 Å². The highest BCUT2D eigenvalue weighted by molar-refractivity contribution is 5.97. The van der Waals surface area contributed by atoms with Gasteiger partial charge in [0.15, 0.2) is 11.6 Å². The van der Waals surface area contributed by atoms with E-state index in [9.17, 15) is 23.2 Å². The summed E-state index contributed by atoms with van der Waals surface area (Å²) in [5, 5.41) is 2.20. The Balaban J connectivity index is 2.84. The predicted molar refractivity (Wildman–Crippen MR) is 70.9 cm³/mol. The third-order valence-corrected chi connectivity index (χ3v) is 2.85. The lowest BCUT2D eigenvalue weighted by atomic mass is 10.1. The quantitative estimate of drug-likeness (QED) is 0.798. The van der Waals surface area contributed by atoms with Gasteiger partial charge in [0.05, 0.1) is 19.8 Å². The molecule has 1 N–H and O–H groups in total. The molecular weight excluding hydrogens is 300 g/mol. The number of rotatable bonds is 6. The maximum Gasteiger partial charge on any atom is 0.328 e. The van der Waals surface area contributed by atoms with Crippen LogP contribution in [0.25, 0.3) is 0 Å². The fourth-order valence-corrected chi connectivity index (χ4v) is 1.67. The zero-order valence-electron chi connectivity index (χ0n) is 12.0. The summed E-state index contributed by atoms with van der Waals surface area (Å²) < 4.78 is 35.5. The Labute approximate surface area is 125 Å². The summed E-state index contributed by atoms with van der Waals surface area (Å²) in [5.41, 5.74) is -0.549. The van der Waals surface area contributed by atoms with Crippen LogP contribution < -0.4 is 5.32 Å². The average molecular weight is 315 g/mol. The first-order chi connectivity index (χ1) is 10.4. The highest BCUT2D eigenvalue weighted by atomic mass is 19.2. The van der Waals surface area contributed by atoms with E-state index >= 15 is 0 Å². The predicted octanol–water partition coefficient (Wildman–Crippen LogP) is 1.19. The summed E-state index contributed by atoms with van der Waals surface area (Å²) in [7, 11) is 2.28. The molecule has 0 aliphatic rings. The minimum absolute atomic E-state index is 0.0952. The molecule has 1 atom stereocenters. The second-order valence-electron chi connectivity index (χ2n) is 4.27. The average Bonchev–Trinajstić information content (AvgIpc) is 2.52. The lowest BCUT2D eigenvalue weighted by Gasteiger charge is -2.16. The molecule has 0 fully saturated rings. The molecule has 120 valence electrons. The largest absolute Gasteiger partial charge is 0.469 e.